The van der Waals surface area contributed by atoms with Crippen molar-refractivity contribution in [1.29, 1.82) is 0 Å². The Balaban J connectivity index is 2.67. The summed E-state index contributed by atoms with van der Waals surface area (Å²) >= 11 is 0. The van der Waals surface area contributed by atoms with Gasteiger partial charge in [0.15, 0.2) is 0 Å². The minimum Gasteiger partial charge on any atom is -0.399 e. The van der Waals surface area contributed by atoms with Crippen LogP contribution in [0.15, 0.2) is 35.6 Å². The van der Waals surface area contributed by atoms with Crippen LogP contribution in [0.2, 0.25) is 0 Å². The van der Waals surface area contributed by atoms with Gasteiger partial charge in [-0.2, -0.15) is 0 Å². The van der Waals surface area contributed by atoms with Gasteiger partial charge in [0.2, 0.25) is 0 Å². The van der Waals surface area contributed by atoms with Crippen LogP contribution in [0.1, 0.15) is 32.6 Å². The van der Waals surface area contributed by atoms with Crippen LogP contribution in [-0.2, 0) is 0 Å². The Morgan fingerprint density at radius 2 is 2.17 bits per heavy atom. The van der Waals surface area contributed by atoms with Gasteiger partial charge in [-0.05, 0) is 30.4 Å². The zero-order chi connectivity index (χ0) is 8.97. The molecule has 0 atom stereocenters. The average Bonchev–Trinajstić information content (AvgIpc) is 2.05. The second kappa shape index (κ2) is 4.15. The van der Waals surface area contributed by atoms with Crippen molar-refractivity contribution >= 4 is 0 Å². The van der Waals surface area contributed by atoms with Crippen molar-refractivity contribution in [2.24, 2.45) is 5.73 Å². The molecule has 0 radical (unpaired) electrons. The van der Waals surface area contributed by atoms with E-state index in [0.29, 0.717) is 0 Å². The van der Waals surface area contributed by atoms with Crippen molar-refractivity contribution in [3.63, 3.8) is 0 Å². The first kappa shape index (κ1) is 9.11. The first-order valence-electron chi connectivity index (χ1n) is 4.60. The largest absolute Gasteiger partial charge is 0.399 e. The van der Waals surface area contributed by atoms with Gasteiger partial charge in [-0.1, -0.05) is 32.1 Å². The quantitative estimate of drug-likeness (QED) is 0.680. The second-order valence-corrected chi connectivity index (χ2v) is 3.21. The summed E-state index contributed by atoms with van der Waals surface area (Å²) in [5.41, 5.74) is 9.13. The molecule has 0 heterocycles. The van der Waals surface area contributed by atoms with Crippen molar-refractivity contribution in [1.82, 2.24) is 0 Å². The standard InChI is InChI=1S/C11H17N/c1-3-6-9(2)10-7-4-5-8-11(10)12/h7-8H,2-6,12H2,1H3. The number of allylic oxidation sites excluding steroid dienone is 3. The van der Waals surface area contributed by atoms with Crippen LogP contribution >= 0.6 is 0 Å². The van der Waals surface area contributed by atoms with Crippen LogP contribution in [0, 0.1) is 0 Å². The lowest BCUT2D eigenvalue weighted by Crippen LogP contribution is -2.06. The van der Waals surface area contributed by atoms with Crippen LogP contribution in [0.5, 0.6) is 0 Å². The van der Waals surface area contributed by atoms with E-state index in [1.807, 2.05) is 0 Å². The predicted octanol–water partition coefficient (Wildman–Crippen LogP) is 2.91. The molecule has 1 heteroatoms. The van der Waals surface area contributed by atoms with Gasteiger partial charge in [0.1, 0.15) is 0 Å². The van der Waals surface area contributed by atoms with E-state index in [4.69, 9.17) is 5.73 Å². The summed E-state index contributed by atoms with van der Waals surface area (Å²) in [6.07, 6.45) is 8.68. The normalized spacial score (nSPS) is 16.8. The Bertz CT molecular complexity index is 233. The van der Waals surface area contributed by atoms with Gasteiger partial charge in [0.25, 0.3) is 0 Å². The van der Waals surface area contributed by atoms with Crippen LogP contribution in [0.3, 0.4) is 0 Å². The van der Waals surface area contributed by atoms with Crippen LogP contribution in [-0.4, -0.2) is 0 Å². The van der Waals surface area contributed by atoms with E-state index in [9.17, 15) is 0 Å². The van der Waals surface area contributed by atoms with Gasteiger partial charge in [0.05, 0.1) is 0 Å². The summed E-state index contributed by atoms with van der Waals surface area (Å²) in [7, 11) is 0. The first-order valence-corrected chi connectivity index (χ1v) is 4.60. The van der Waals surface area contributed by atoms with Crippen molar-refractivity contribution in [2.75, 3.05) is 0 Å². The van der Waals surface area contributed by atoms with Gasteiger partial charge < -0.3 is 5.73 Å². The van der Waals surface area contributed by atoms with Gasteiger partial charge in [0, 0.05) is 5.70 Å². The van der Waals surface area contributed by atoms with Crippen LogP contribution < -0.4 is 5.73 Å². The molecule has 0 aromatic rings. The summed E-state index contributed by atoms with van der Waals surface area (Å²) in [6.45, 7) is 6.19. The van der Waals surface area contributed by atoms with Gasteiger partial charge >= 0.3 is 0 Å². The third kappa shape index (κ3) is 2.00. The van der Waals surface area contributed by atoms with E-state index < -0.39 is 0 Å². The van der Waals surface area contributed by atoms with Crippen LogP contribution in [0.25, 0.3) is 0 Å². The highest BCUT2D eigenvalue weighted by Gasteiger charge is 2.07. The second-order valence-electron chi connectivity index (χ2n) is 3.21. The topological polar surface area (TPSA) is 26.0 Å². The molecule has 0 aromatic heterocycles. The molecule has 0 bridgehead atoms. The van der Waals surface area contributed by atoms with E-state index in [1.165, 1.54) is 11.1 Å². The molecular weight excluding hydrogens is 146 g/mol. The Morgan fingerprint density at radius 1 is 1.50 bits per heavy atom. The molecule has 2 N–H and O–H groups in total. The summed E-state index contributed by atoms with van der Waals surface area (Å²) in [4.78, 5) is 0. The molecule has 0 unspecified atom stereocenters. The maximum Gasteiger partial charge on any atom is 0.0346 e. The Morgan fingerprint density at radius 3 is 2.75 bits per heavy atom. The molecule has 0 aliphatic heterocycles. The molecule has 0 aromatic carbocycles. The maximum atomic E-state index is 5.84. The molecule has 0 spiro atoms. The summed E-state index contributed by atoms with van der Waals surface area (Å²) in [5, 5.41) is 0. The molecule has 1 aliphatic carbocycles. The molecule has 66 valence electrons. The van der Waals surface area contributed by atoms with Gasteiger partial charge in [-0.25, -0.2) is 0 Å². The van der Waals surface area contributed by atoms with E-state index >= 15 is 0 Å². The molecule has 1 rings (SSSR count). The first-order chi connectivity index (χ1) is 5.75. The zero-order valence-electron chi connectivity index (χ0n) is 7.77. The van der Waals surface area contributed by atoms with E-state index in [-0.39, 0.29) is 0 Å². The minimum atomic E-state index is 0.916. The Hall–Kier alpha value is -0.980. The van der Waals surface area contributed by atoms with Crippen LogP contribution in [0.4, 0.5) is 0 Å². The molecule has 0 fully saturated rings. The smallest absolute Gasteiger partial charge is 0.0346 e. The van der Waals surface area contributed by atoms with Crippen molar-refractivity contribution in [3.05, 3.63) is 35.6 Å². The monoisotopic (exact) mass is 163 g/mol. The van der Waals surface area contributed by atoms with Gasteiger partial charge in [-0.3, -0.25) is 0 Å². The molecule has 0 saturated carbocycles. The van der Waals surface area contributed by atoms with E-state index in [2.05, 4.69) is 25.7 Å². The van der Waals surface area contributed by atoms with Crippen molar-refractivity contribution in [2.45, 2.75) is 32.6 Å². The van der Waals surface area contributed by atoms with Crippen molar-refractivity contribution in [3.8, 4) is 0 Å². The molecule has 12 heavy (non-hydrogen) atoms. The fourth-order valence-corrected chi connectivity index (χ4v) is 1.48. The molecule has 0 saturated heterocycles. The molecule has 0 amide bonds. The molecule has 1 nitrogen and oxygen atoms in total. The lowest BCUT2D eigenvalue weighted by Gasteiger charge is -2.14. The lowest BCUT2D eigenvalue weighted by molar-refractivity contribution is 0.898. The summed E-state index contributed by atoms with van der Waals surface area (Å²) in [6, 6.07) is 0. The fourth-order valence-electron chi connectivity index (χ4n) is 1.48. The highest BCUT2D eigenvalue weighted by molar-refractivity contribution is 5.45. The molecule has 1 aliphatic rings. The fraction of sp³-hybridized carbons (Fsp3) is 0.455. The third-order valence-corrected chi connectivity index (χ3v) is 2.12. The van der Waals surface area contributed by atoms with Crippen molar-refractivity contribution < 1.29 is 0 Å². The number of rotatable bonds is 3. The van der Waals surface area contributed by atoms with Gasteiger partial charge in [-0.15, -0.1) is 0 Å². The summed E-state index contributed by atoms with van der Waals surface area (Å²) < 4.78 is 0. The Kier molecular flexibility index (Phi) is 3.15. The lowest BCUT2D eigenvalue weighted by atomic mass is 9.95. The van der Waals surface area contributed by atoms with E-state index in [0.717, 1.165) is 31.4 Å². The highest BCUT2D eigenvalue weighted by Crippen LogP contribution is 2.23. The predicted molar refractivity (Wildman–Crippen MR) is 53.6 cm³/mol. The SMILES string of the molecule is C=C(CCC)C1=CCCC=C1N. The highest BCUT2D eigenvalue weighted by atomic mass is 14.6. The Labute approximate surface area is 74.7 Å². The maximum absolute atomic E-state index is 5.84. The number of hydrogen-bond acceptors (Lipinski definition) is 1. The minimum absolute atomic E-state index is 0.916. The third-order valence-electron chi connectivity index (χ3n) is 2.12. The summed E-state index contributed by atoms with van der Waals surface area (Å²) in [5.74, 6) is 0. The zero-order valence-corrected chi connectivity index (χ0v) is 7.77. The van der Waals surface area contributed by atoms with E-state index in [1.54, 1.807) is 0 Å². The number of hydrogen-bond donors (Lipinski definition) is 1. The number of nitrogens with two attached hydrogens (primary N) is 1. The molecular formula is C11H17N. The average molecular weight is 163 g/mol.